The number of hydrogen-bond donors (Lipinski definition) is 0. The van der Waals surface area contributed by atoms with Crippen LogP contribution in [-0.2, 0) is 0 Å². The molecule has 0 aliphatic heterocycles. The van der Waals surface area contributed by atoms with Crippen LogP contribution in [0, 0.1) is 17.8 Å². The molecule has 21 heavy (non-hydrogen) atoms. The predicted molar refractivity (Wildman–Crippen MR) is 98.9 cm³/mol. The standard InChI is InChI=1S/C21H44/c1-6-8-10-12-14-16-21(18-20(5)19(3)4)17-15-13-11-9-7-2/h19-21H,6-18H2,1-5H3. The summed E-state index contributed by atoms with van der Waals surface area (Å²) in [7, 11) is 0. The third-order valence-corrected chi connectivity index (χ3v) is 5.28. The van der Waals surface area contributed by atoms with Crippen molar-refractivity contribution in [1.29, 1.82) is 0 Å². The van der Waals surface area contributed by atoms with Gasteiger partial charge >= 0.3 is 0 Å². The summed E-state index contributed by atoms with van der Waals surface area (Å²) in [6, 6.07) is 0. The zero-order chi connectivity index (χ0) is 15.9. The van der Waals surface area contributed by atoms with Crippen molar-refractivity contribution in [3.8, 4) is 0 Å². The Bertz CT molecular complexity index is 180. The number of hydrogen-bond acceptors (Lipinski definition) is 0. The first-order valence-electron chi connectivity index (χ1n) is 10.1. The summed E-state index contributed by atoms with van der Waals surface area (Å²) in [6.07, 6.45) is 18.9. The second-order valence-corrected chi connectivity index (χ2v) is 7.73. The highest BCUT2D eigenvalue weighted by Gasteiger charge is 2.15. The lowest BCUT2D eigenvalue weighted by atomic mass is 9.83. The SMILES string of the molecule is CCCCCCCC(CCCCCCC)CC(C)C(C)C. The maximum Gasteiger partial charge on any atom is -0.0412 e. The van der Waals surface area contributed by atoms with Gasteiger partial charge in [0.1, 0.15) is 0 Å². The van der Waals surface area contributed by atoms with E-state index in [4.69, 9.17) is 0 Å². The van der Waals surface area contributed by atoms with E-state index >= 15 is 0 Å². The fourth-order valence-electron chi connectivity index (χ4n) is 3.25. The molecule has 1 atom stereocenters. The van der Waals surface area contributed by atoms with Crippen LogP contribution in [0.1, 0.15) is 118 Å². The predicted octanol–water partition coefficient (Wildman–Crippen LogP) is 8.01. The molecule has 0 radical (unpaired) electrons. The topological polar surface area (TPSA) is 0 Å². The maximum atomic E-state index is 2.46. The lowest BCUT2D eigenvalue weighted by molar-refractivity contribution is 0.283. The Balaban J connectivity index is 3.91. The van der Waals surface area contributed by atoms with Gasteiger partial charge in [0.25, 0.3) is 0 Å². The van der Waals surface area contributed by atoms with Crippen molar-refractivity contribution in [3.05, 3.63) is 0 Å². The Labute approximate surface area is 136 Å². The van der Waals surface area contributed by atoms with E-state index in [0.717, 1.165) is 17.8 Å². The molecule has 128 valence electrons. The molecule has 0 aromatic carbocycles. The summed E-state index contributed by atoms with van der Waals surface area (Å²) in [5.74, 6) is 2.76. The summed E-state index contributed by atoms with van der Waals surface area (Å²) in [6.45, 7) is 11.9. The first-order chi connectivity index (χ1) is 10.1. The van der Waals surface area contributed by atoms with E-state index in [0.29, 0.717) is 0 Å². The van der Waals surface area contributed by atoms with Crippen LogP contribution in [0.3, 0.4) is 0 Å². The molecule has 0 spiro atoms. The molecule has 0 heteroatoms. The van der Waals surface area contributed by atoms with Crippen molar-refractivity contribution < 1.29 is 0 Å². The van der Waals surface area contributed by atoms with Gasteiger partial charge in [-0.15, -0.1) is 0 Å². The molecule has 0 rings (SSSR count). The van der Waals surface area contributed by atoms with E-state index in [1.807, 2.05) is 0 Å². The summed E-state index contributed by atoms with van der Waals surface area (Å²) in [5, 5.41) is 0. The van der Waals surface area contributed by atoms with Gasteiger partial charge in [0.2, 0.25) is 0 Å². The van der Waals surface area contributed by atoms with Gasteiger partial charge < -0.3 is 0 Å². The molecular formula is C21H44. The monoisotopic (exact) mass is 296 g/mol. The fraction of sp³-hybridized carbons (Fsp3) is 1.00. The minimum atomic E-state index is 0.854. The van der Waals surface area contributed by atoms with Gasteiger partial charge in [-0.1, -0.05) is 112 Å². The molecule has 0 aliphatic rings. The van der Waals surface area contributed by atoms with Gasteiger partial charge in [0.15, 0.2) is 0 Å². The van der Waals surface area contributed by atoms with Crippen molar-refractivity contribution in [2.24, 2.45) is 17.8 Å². The minimum Gasteiger partial charge on any atom is -0.0654 e. The molecule has 0 bridgehead atoms. The van der Waals surface area contributed by atoms with E-state index < -0.39 is 0 Å². The van der Waals surface area contributed by atoms with Crippen LogP contribution in [0.15, 0.2) is 0 Å². The minimum absolute atomic E-state index is 0.854. The van der Waals surface area contributed by atoms with Crippen LogP contribution in [-0.4, -0.2) is 0 Å². The van der Waals surface area contributed by atoms with Gasteiger partial charge in [-0.3, -0.25) is 0 Å². The van der Waals surface area contributed by atoms with Crippen molar-refractivity contribution in [2.45, 2.75) is 118 Å². The number of unbranched alkanes of at least 4 members (excludes halogenated alkanes) is 8. The summed E-state index contributed by atoms with van der Waals surface area (Å²) in [4.78, 5) is 0. The molecular weight excluding hydrogens is 252 g/mol. The van der Waals surface area contributed by atoms with Crippen molar-refractivity contribution in [1.82, 2.24) is 0 Å². The first kappa shape index (κ1) is 21.0. The summed E-state index contributed by atoms with van der Waals surface area (Å²) >= 11 is 0. The third kappa shape index (κ3) is 13.4. The molecule has 0 aliphatic carbocycles. The van der Waals surface area contributed by atoms with E-state index in [1.165, 1.54) is 83.5 Å². The van der Waals surface area contributed by atoms with Crippen LogP contribution in [0.4, 0.5) is 0 Å². The molecule has 0 N–H and O–H groups in total. The Morgan fingerprint density at radius 3 is 1.38 bits per heavy atom. The molecule has 0 fully saturated rings. The highest BCUT2D eigenvalue weighted by atomic mass is 14.2. The molecule has 0 saturated carbocycles. The Morgan fingerprint density at radius 1 is 0.571 bits per heavy atom. The van der Waals surface area contributed by atoms with Crippen LogP contribution in [0.5, 0.6) is 0 Å². The molecule has 0 aromatic heterocycles. The molecule has 1 unspecified atom stereocenters. The third-order valence-electron chi connectivity index (χ3n) is 5.28. The van der Waals surface area contributed by atoms with Crippen molar-refractivity contribution >= 4 is 0 Å². The normalized spacial score (nSPS) is 13.3. The van der Waals surface area contributed by atoms with Crippen LogP contribution < -0.4 is 0 Å². The van der Waals surface area contributed by atoms with Crippen molar-refractivity contribution in [2.75, 3.05) is 0 Å². The lowest BCUT2D eigenvalue weighted by Gasteiger charge is -2.23. The highest BCUT2D eigenvalue weighted by molar-refractivity contribution is 4.67. The molecule has 0 heterocycles. The number of rotatable bonds is 15. The van der Waals surface area contributed by atoms with Gasteiger partial charge in [0, 0.05) is 0 Å². The summed E-state index contributed by atoms with van der Waals surface area (Å²) < 4.78 is 0. The average molecular weight is 297 g/mol. The smallest absolute Gasteiger partial charge is 0.0412 e. The van der Waals surface area contributed by atoms with Gasteiger partial charge in [-0.2, -0.15) is 0 Å². The highest BCUT2D eigenvalue weighted by Crippen LogP contribution is 2.28. The van der Waals surface area contributed by atoms with E-state index in [2.05, 4.69) is 34.6 Å². The Hall–Kier alpha value is 0. The zero-order valence-electron chi connectivity index (χ0n) is 15.9. The van der Waals surface area contributed by atoms with Crippen LogP contribution in [0.2, 0.25) is 0 Å². The Kier molecular flexibility index (Phi) is 14.9. The van der Waals surface area contributed by atoms with E-state index in [9.17, 15) is 0 Å². The van der Waals surface area contributed by atoms with E-state index in [1.54, 1.807) is 0 Å². The Morgan fingerprint density at radius 2 is 1.00 bits per heavy atom. The average Bonchev–Trinajstić information content (AvgIpc) is 2.46. The largest absolute Gasteiger partial charge is 0.0654 e. The second kappa shape index (κ2) is 14.9. The fourth-order valence-corrected chi connectivity index (χ4v) is 3.25. The molecule has 0 amide bonds. The molecule has 0 saturated heterocycles. The van der Waals surface area contributed by atoms with Crippen LogP contribution in [0.25, 0.3) is 0 Å². The first-order valence-corrected chi connectivity index (χ1v) is 10.1. The quantitative estimate of drug-likeness (QED) is 0.268. The van der Waals surface area contributed by atoms with Gasteiger partial charge in [0.05, 0.1) is 0 Å². The zero-order valence-corrected chi connectivity index (χ0v) is 15.9. The van der Waals surface area contributed by atoms with E-state index in [-0.39, 0.29) is 0 Å². The van der Waals surface area contributed by atoms with Crippen LogP contribution >= 0.6 is 0 Å². The second-order valence-electron chi connectivity index (χ2n) is 7.73. The molecule has 0 nitrogen and oxygen atoms in total. The van der Waals surface area contributed by atoms with Gasteiger partial charge in [-0.25, -0.2) is 0 Å². The lowest BCUT2D eigenvalue weighted by Crippen LogP contribution is -2.11. The van der Waals surface area contributed by atoms with Crippen molar-refractivity contribution in [3.63, 3.8) is 0 Å². The van der Waals surface area contributed by atoms with Gasteiger partial charge in [-0.05, 0) is 24.2 Å². The summed E-state index contributed by atoms with van der Waals surface area (Å²) in [5.41, 5.74) is 0. The maximum absolute atomic E-state index is 2.46. The molecule has 0 aromatic rings.